The first-order valence-corrected chi connectivity index (χ1v) is 9.55. The van der Waals surface area contributed by atoms with Crippen molar-refractivity contribution >= 4 is 30.4 Å². The Morgan fingerprint density at radius 1 is 0.545 bits per heavy atom. The van der Waals surface area contributed by atoms with Crippen LogP contribution in [-0.2, 0) is 30.4 Å². The molecule has 0 unspecified atom stereocenters. The van der Waals surface area contributed by atoms with Crippen molar-refractivity contribution in [1.82, 2.24) is 4.90 Å². The van der Waals surface area contributed by atoms with Gasteiger partial charge in [-0.3, -0.25) is 0 Å². The van der Waals surface area contributed by atoms with Gasteiger partial charge in [0.15, 0.2) is 0 Å². The van der Waals surface area contributed by atoms with E-state index in [0.29, 0.717) is 0 Å². The summed E-state index contributed by atoms with van der Waals surface area (Å²) in [6.07, 6.45) is 0. The summed E-state index contributed by atoms with van der Waals surface area (Å²) in [6.45, 7) is -1.38. The zero-order chi connectivity index (χ0) is 15.3. The quantitative estimate of drug-likeness (QED) is 0.263. The molecule has 0 fully saturated rings. The van der Waals surface area contributed by atoms with Gasteiger partial charge in [0.05, 0.1) is 47.6 Å². The van der Waals surface area contributed by atoms with E-state index in [0.717, 1.165) is 4.90 Å². The Hall–Kier alpha value is 2.69. The van der Waals surface area contributed by atoms with E-state index in [1.165, 1.54) is 0 Å². The summed E-state index contributed by atoms with van der Waals surface area (Å²) < 4.78 is 93.6. The topological polar surface area (TPSA) is 175 Å². The van der Waals surface area contributed by atoms with Gasteiger partial charge in [0.25, 0.3) is 0 Å². The molecule has 0 amide bonds. The van der Waals surface area contributed by atoms with Crippen molar-refractivity contribution < 1.29 is 128 Å². The molecule has 116 valence electrons. The molecule has 0 heterocycles. The van der Waals surface area contributed by atoms with Crippen molar-refractivity contribution in [3.8, 4) is 0 Å². The van der Waals surface area contributed by atoms with E-state index in [1.807, 2.05) is 0 Å². The molecule has 0 N–H and O–H groups in total. The molecule has 0 spiro atoms. The standard InChI is InChI=1S/C6H15NO9S3.3Na/c8-17(9,10)4-1-7(2-5-18(11,12)13)3-6-19(14,15)16;;;/h1-6H2,(H,8,9,10)(H,11,12,13)(H,14,15,16);;;/q;3*+1/p-3. The van der Waals surface area contributed by atoms with Gasteiger partial charge in [-0.2, -0.15) is 0 Å². The molecule has 0 bridgehead atoms. The molecule has 0 aromatic heterocycles. The van der Waals surface area contributed by atoms with Gasteiger partial charge in [-0.1, -0.05) is 0 Å². The second kappa shape index (κ2) is 13.8. The normalized spacial score (nSPS) is 12.0. The average Bonchev–Trinajstić information content (AvgIpc) is 2.11. The Bertz CT molecular complexity index is 502. The fourth-order valence-electron chi connectivity index (χ4n) is 1.06. The monoisotopic (exact) mass is 407 g/mol. The van der Waals surface area contributed by atoms with Crippen LogP contribution in [0.4, 0.5) is 0 Å². The van der Waals surface area contributed by atoms with Crippen molar-refractivity contribution in [3.05, 3.63) is 0 Å². The third kappa shape index (κ3) is 24.9. The Morgan fingerprint density at radius 3 is 0.864 bits per heavy atom. The molecule has 10 nitrogen and oxygen atoms in total. The first-order valence-electron chi connectivity index (χ1n) is 4.81. The maximum atomic E-state index is 10.4. The zero-order valence-electron chi connectivity index (χ0n) is 12.6. The van der Waals surface area contributed by atoms with Crippen molar-refractivity contribution in [3.63, 3.8) is 0 Å². The van der Waals surface area contributed by atoms with Gasteiger partial charge in [-0.15, -0.1) is 0 Å². The second-order valence-corrected chi connectivity index (χ2v) is 8.20. The predicted octanol–water partition coefficient (Wildman–Crippen LogP) is -12.1. The summed E-state index contributed by atoms with van der Waals surface area (Å²) in [7, 11) is -13.7. The molecule has 22 heavy (non-hydrogen) atoms. The van der Waals surface area contributed by atoms with Gasteiger partial charge in [-0.05, 0) is 0 Å². The molecule has 0 saturated heterocycles. The molecular formula is C6H12NNa3O9S3. The van der Waals surface area contributed by atoms with Crippen LogP contribution < -0.4 is 88.7 Å². The number of nitrogens with zero attached hydrogens (tertiary/aromatic N) is 1. The molecule has 0 saturated carbocycles. The van der Waals surface area contributed by atoms with Crippen molar-refractivity contribution in [2.24, 2.45) is 0 Å². The molecule has 0 aliphatic rings. The van der Waals surface area contributed by atoms with Crippen molar-refractivity contribution in [2.45, 2.75) is 0 Å². The van der Waals surface area contributed by atoms with Crippen LogP contribution in [0.3, 0.4) is 0 Å². The van der Waals surface area contributed by atoms with Gasteiger partial charge < -0.3 is 18.6 Å². The maximum absolute atomic E-state index is 10.4. The van der Waals surface area contributed by atoms with Gasteiger partial charge in [0.2, 0.25) is 0 Å². The Morgan fingerprint density at radius 2 is 0.727 bits per heavy atom. The Balaban J connectivity index is -0.000000540. The van der Waals surface area contributed by atoms with E-state index in [9.17, 15) is 38.9 Å². The third-order valence-electron chi connectivity index (χ3n) is 1.97. The molecule has 16 heteroatoms. The van der Waals surface area contributed by atoms with Crippen LogP contribution in [0.5, 0.6) is 0 Å². The molecule has 0 aliphatic heterocycles. The van der Waals surface area contributed by atoms with Gasteiger partial charge in [0.1, 0.15) is 0 Å². The largest absolute Gasteiger partial charge is 1.00 e. The summed E-state index contributed by atoms with van der Waals surface area (Å²) in [5.74, 6) is -2.65. The van der Waals surface area contributed by atoms with E-state index < -0.39 is 67.2 Å². The second-order valence-electron chi connectivity index (χ2n) is 3.63. The van der Waals surface area contributed by atoms with Crippen LogP contribution in [0, 0.1) is 0 Å². The summed E-state index contributed by atoms with van der Waals surface area (Å²) in [4.78, 5) is 0.945. The Kier molecular flexibility index (Phi) is 20.4. The van der Waals surface area contributed by atoms with Crippen molar-refractivity contribution in [2.75, 3.05) is 36.9 Å². The number of hydrogen-bond acceptors (Lipinski definition) is 10. The Labute approximate surface area is 196 Å². The zero-order valence-corrected chi connectivity index (χ0v) is 21.0. The first-order chi connectivity index (χ1) is 8.29. The molecule has 0 aromatic carbocycles. The van der Waals surface area contributed by atoms with Crippen LogP contribution in [0.2, 0.25) is 0 Å². The van der Waals surface area contributed by atoms with Gasteiger partial charge in [0, 0.05) is 19.6 Å². The van der Waals surface area contributed by atoms with Gasteiger partial charge in [-0.25, -0.2) is 25.3 Å². The molecule has 0 aliphatic carbocycles. The third-order valence-corrected chi connectivity index (χ3v) is 4.02. The fraction of sp³-hybridized carbons (Fsp3) is 1.00. The average molecular weight is 407 g/mol. The summed E-state index contributed by atoms with van der Waals surface area (Å²) in [6, 6.07) is 0. The van der Waals surface area contributed by atoms with Gasteiger partial charge >= 0.3 is 88.7 Å². The maximum Gasteiger partial charge on any atom is 1.00 e. The predicted molar refractivity (Wildman–Crippen MR) is 60.1 cm³/mol. The van der Waals surface area contributed by atoms with Crippen LogP contribution in [-0.4, -0.2) is 80.7 Å². The van der Waals surface area contributed by atoms with Crippen LogP contribution in [0.1, 0.15) is 0 Å². The number of rotatable bonds is 9. The molecule has 0 aromatic rings. The summed E-state index contributed by atoms with van der Waals surface area (Å²) in [5, 5.41) is 0. The van der Waals surface area contributed by atoms with Crippen LogP contribution in [0.15, 0.2) is 0 Å². The van der Waals surface area contributed by atoms with E-state index in [2.05, 4.69) is 0 Å². The molecular weight excluding hydrogens is 395 g/mol. The summed E-state index contributed by atoms with van der Waals surface area (Å²) in [5.41, 5.74) is 0. The minimum Gasteiger partial charge on any atom is -0.748 e. The van der Waals surface area contributed by atoms with E-state index in [4.69, 9.17) is 0 Å². The summed E-state index contributed by atoms with van der Waals surface area (Å²) >= 11 is 0. The van der Waals surface area contributed by atoms with E-state index in [-0.39, 0.29) is 88.7 Å². The molecule has 0 radical (unpaired) electrons. The SMILES string of the molecule is O=S(=O)([O-])CCN(CCS(=O)(=O)[O-])CCS(=O)(=O)[O-].[Na+].[Na+].[Na+]. The molecule has 0 rings (SSSR count). The van der Waals surface area contributed by atoms with Crippen LogP contribution in [0.25, 0.3) is 0 Å². The minimum atomic E-state index is -4.57. The van der Waals surface area contributed by atoms with E-state index in [1.54, 1.807) is 0 Å². The fourth-order valence-corrected chi connectivity index (χ4v) is 2.50. The smallest absolute Gasteiger partial charge is 0.748 e. The first kappa shape index (κ1) is 32.4. The molecule has 0 atom stereocenters. The number of hydrogen-bond donors (Lipinski definition) is 0. The van der Waals surface area contributed by atoms with E-state index >= 15 is 0 Å². The van der Waals surface area contributed by atoms with Crippen LogP contribution >= 0.6 is 0 Å². The van der Waals surface area contributed by atoms with Crippen molar-refractivity contribution in [1.29, 1.82) is 0 Å². The minimum absolute atomic E-state index is 0.